The number of alkyl halides is 3. The van der Waals surface area contributed by atoms with Gasteiger partial charge in [-0.1, -0.05) is 17.7 Å². The molecule has 0 bridgehead atoms. The molecule has 20 heavy (non-hydrogen) atoms. The minimum Gasteiger partial charge on any atom is -0.466 e. The van der Waals surface area contributed by atoms with E-state index in [-0.39, 0.29) is 6.61 Å². The monoisotopic (exact) mass is 290 g/mol. The molecule has 0 radical (unpaired) electrons. The molecular formula is C14H17F3O3. The van der Waals surface area contributed by atoms with Crippen molar-refractivity contribution in [2.24, 2.45) is 0 Å². The number of hydrogen-bond donors (Lipinski definition) is 0. The number of allylic oxidation sites excluding steroid dienone is 3. The lowest BCUT2D eigenvalue weighted by Gasteiger charge is -2.34. The molecule has 112 valence electrons. The lowest BCUT2D eigenvalue weighted by atomic mass is 9.91. The fraction of sp³-hybridized carbons (Fsp3) is 0.500. The van der Waals surface area contributed by atoms with Crippen molar-refractivity contribution in [3.63, 3.8) is 0 Å². The SMILES string of the molecule is C/C=C1\CO[C@](C(=O)OC)(C(F)(F)F)C=C1C=C(C)C. The van der Waals surface area contributed by atoms with E-state index in [0.717, 1.165) is 18.8 Å². The zero-order valence-electron chi connectivity index (χ0n) is 11.8. The van der Waals surface area contributed by atoms with Crippen molar-refractivity contribution in [3.8, 4) is 0 Å². The fourth-order valence-corrected chi connectivity index (χ4v) is 1.87. The third-order valence-electron chi connectivity index (χ3n) is 2.89. The summed E-state index contributed by atoms with van der Waals surface area (Å²) in [7, 11) is 0.902. The predicted octanol–water partition coefficient (Wildman–Crippen LogP) is 3.33. The molecule has 0 aromatic carbocycles. The minimum atomic E-state index is -4.89. The van der Waals surface area contributed by atoms with Crippen molar-refractivity contribution >= 4 is 5.97 Å². The van der Waals surface area contributed by atoms with Gasteiger partial charge in [0.15, 0.2) is 0 Å². The highest BCUT2D eigenvalue weighted by Crippen LogP contribution is 2.41. The molecule has 0 aliphatic carbocycles. The normalized spacial score (nSPS) is 25.1. The number of esters is 1. The summed E-state index contributed by atoms with van der Waals surface area (Å²) in [5.74, 6) is -1.47. The average molecular weight is 290 g/mol. The van der Waals surface area contributed by atoms with Crippen LogP contribution in [-0.2, 0) is 14.3 Å². The molecule has 0 unspecified atom stereocenters. The second-order valence-electron chi connectivity index (χ2n) is 4.65. The van der Waals surface area contributed by atoms with Crippen LogP contribution in [0.1, 0.15) is 20.8 Å². The Morgan fingerprint density at radius 1 is 1.45 bits per heavy atom. The summed E-state index contributed by atoms with van der Waals surface area (Å²) in [5, 5.41) is 0. The van der Waals surface area contributed by atoms with Crippen LogP contribution >= 0.6 is 0 Å². The summed E-state index contributed by atoms with van der Waals surface area (Å²) in [6.45, 7) is 4.92. The van der Waals surface area contributed by atoms with Crippen molar-refractivity contribution in [3.05, 3.63) is 34.9 Å². The van der Waals surface area contributed by atoms with E-state index in [9.17, 15) is 18.0 Å². The summed E-state index contributed by atoms with van der Waals surface area (Å²) < 4.78 is 48.9. The van der Waals surface area contributed by atoms with Crippen molar-refractivity contribution in [1.29, 1.82) is 0 Å². The van der Waals surface area contributed by atoms with Crippen LogP contribution in [0.4, 0.5) is 13.2 Å². The molecule has 1 heterocycles. The zero-order chi connectivity index (χ0) is 15.6. The molecule has 0 aromatic rings. The van der Waals surface area contributed by atoms with Crippen LogP contribution in [0.5, 0.6) is 0 Å². The molecule has 3 nitrogen and oxygen atoms in total. The first kappa shape index (κ1) is 16.5. The quantitative estimate of drug-likeness (QED) is 0.732. The van der Waals surface area contributed by atoms with Crippen LogP contribution in [-0.4, -0.2) is 31.5 Å². The van der Waals surface area contributed by atoms with Gasteiger partial charge >= 0.3 is 12.1 Å². The molecule has 0 saturated carbocycles. The number of halogens is 3. The van der Waals surface area contributed by atoms with Crippen LogP contribution in [0, 0.1) is 0 Å². The van der Waals surface area contributed by atoms with Gasteiger partial charge in [0.1, 0.15) is 0 Å². The first-order valence-corrected chi connectivity index (χ1v) is 6.00. The molecule has 1 rings (SSSR count). The van der Waals surface area contributed by atoms with Crippen molar-refractivity contribution in [2.45, 2.75) is 32.5 Å². The van der Waals surface area contributed by atoms with Crippen molar-refractivity contribution in [2.75, 3.05) is 13.7 Å². The van der Waals surface area contributed by atoms with Gasteiger partial charge in [0.2, 0.25) is 0 Å². The molecule has 1 aliphatic heterocycles. The van der Waals surface area contributed by atoms with Gasteiger partial charge in [0, 0.05) is 0 Å². The van der Waals surface area contributed by atoms with Gasteiger partial charge in [-0.3, -0.25) is 0 Å². The third kappa shape index (κ3) is 2.95. The Hall–Kier alpha value is -1.56. The maximum absolute atomic E-state index is 13.3. The Bertz CT molecular complexity index is 482. The van der Waals surface area contributed by atoms with Crippen molar-refractivity contribution < 1.29 is 27.4 Å². The van der Waals surface area contributed by atoms with Gasteiger partial charge in [0.25, 0.3) is 5.60 Å². The number of methoxy groups -OCH3 is 1. The Labute approximate surface area is 115 Å². The first-order chi connectivity index (χ1) is 9.17. The molecule has 0 N–H and O–H groups in total. The van der Waals surface area contributed by atoms with E-state index in [1.807, 2.05) is 0 Å². The van der Waals surface area contributed by atoms with Gasteiger partial charge in [-0.2, -0.15) is 13.2 Å². The van der Waals surface area contributed by atoms with E-state index >= 15 is 0 Å². The lowest BCUT2D eigenvalue weighted by Crippen LogP contribution is -2.55. The highest BCUT2D eigenvalue weighted by Gasteiger charge is 2.63. The third-order valence-corrected chi connectivity index (χ3v) is 2.89. The van der Waals surface area contributed by atoms with E-state index < -0.39 is 17.7 Å². The maximum atomic E-state index is 13.3. The van der Waals surface area contributed by atoms with Crippen LogP contribution in [0.15, 0.2) is 34.9 Å². The molecule has 1 atom stereocenters. The number of hydrogen-bond acceptors (Lipinski definition) is 3. The van der Waals surface area contributed by atoms with Crippen LogP contribution in [0.25, 0.3) is 0 Å². The maximum Gasteiger partial charge on any atom is 0.432 e. The van der Waals surface area contributed by atoms with Crippen molar-refractivity contribution in [1.82, 2.24) is 0 Å². The smallest absolute Gasteiger partial charge is 0.432 e. The van der Waals surface area contributed by atoms with Gasteiger partial charge in [-0.05, 0) is 38.0 Å². The highest BCUT2D eigenvalue weighted by atomic mass is 19.4. The first-order valence-electron chi connectivity index (χ1n) is 6.00. The molecule has 0 amide bonds. The predicted molar refractivity (Wildman–Crippen MR) is 68.0 cm³/mol. The Morgan fingerprint density at radius 2 is 2.05 bits per heavy atom. The van der Waals surface area contributed by atoms with E-state index in [1.54, 1.807) is 32.9 Å². The van der Waals surface area contributed by atoms with E-state index in [4.69, 9.17) is 4.74 Å². The number of ether oxygens (including phenoxy) is 2. The van der Waals surface area contributed by atoms with Gasteiger partial charge in [-0.25, -0.2) is 4.79 Å². The summed E-state index contributed by atoms with van der Waals surface area (Å²) in [6, 6.07) is 0. The van der Waals surface area contributed by atoms with Gasteiger partial charge in [-0.15, -0.1) is 0 Å². The minimum absolute atomic E-state index is 0.305. The molecule has 0 spiro atoms. The largest absolute Gasteiger partial charge is 0.466 e. The highest BCUT2D eigenvalue weighted by molar-refractivity contribution is 5.84. The Kier molecular flexibility index (Phi) is 4.81. The fourth-order valence-electron chi connectivity index (χ4n) is 1.87. The second-order valence-corrected chi connectivity index (χ2v) is 4.65. The topological polar surface area (TPSA) is 35.5 Å². The standard InChI is InChI=1S/C14H17F3O3/c1-5-10-8-20-13(12(18)19-4,14(15,16)17)7-11(10)6-9(2)3/h5-7H,8H2,1-4H3/b10-5+/t13-/m1/s1. The molecular weight excluding hydrogens is 273 g/mol. The van der Waals surface area contributed by atoms with E-state index in [1.165, 1.54) is 0 Å². The van der Waals surface area contributed by atoms with Crippen LogP contribution in [0.2, 0.25) is 0 Å². The number of rotatable bonds is 2. The summed E-state index contributed by atoms with van der Waals surface area (Å²) in [5.41, 5.74) is -1.31. The summed E-state index contributed by atoms with van der Waals surface area (Å²) in [4.78, 5) is 11.6. The van der Waals surface area contributed by atoms with Gasteiger partial charge < -0.3 is 9.47 Å². The Morgan fingerprint density at radius 3 is 2.45 bits per heavy atom. The van der Waals surface area contributed by atoms with E-state index in [2.05, 4.69) is 4.74 Å². The molecule has 0 aromatic heterocycles. The molecule has 1 aliphatic rings. The lowest BCUT2D eigenvalue weighted by molar-refractivity contribution is -0.258. The molecule has 0 saturated heterocycles. The molecule has 6 heteroatoms. The summed E-state index contributed by atoms with van der Waals surface area (Å²) in [6.07, 6.45) is -0.866. The van der Waals surface area contributed by atoms with Crippen LogP contribution in [0.3, 0.4) is 0 Å². The number of carbonyl (C=O) groups is 1. The molecule has 0 fully saturated rings. The van der Waals surface area contributed by atoms with E-state index in [0.29, 0.717) is 11.1 Å². The van der Waals surface area contributed by atoms with Gasteiger partial charge in [0.05, 0.1) is 13.7 Å². The average Bonchev–Trinajstić information content (AvgIpc) is 2.35. The zero-order valence-corrected chi connectivity index (χ0v) is 11.8. The number of carbonyl (C=O) groups excluding carboxylic acids is 1. The van der Waals surface area contributed by atoms with Crippen LogP contribution < -0.4 is 0 Å². The Balaban J connectivity index is 3.49. The summed E-state index contributed by atoms with van der Waals surface area (Å²) >= 11 is 0. The second kappa shape index (κ2) is 5.83.